The molecule has 2 aromatic heterocycles. The molecule has 1 saturated heterocycles. The van der Waals surface area contributed by atoms with E-state index in [-0.39, 0.29) is 13.2 Å². The van der Waals surface area contributed by atoms with Crippen molar-refractivity contribution in [2.75, 3.05) is 56.6 Å². The zero-order chi connectivity index (χ0) is 34.3. The lowest BCUT2D eigenvalue weighted by molar-refractivity contribution is -0.179. The van der Waals surface area contributed by atoms with E-state index in [4.69, 9.17) is 18.9 Å². The maximum atomic E-state index is 12.6. The molecular weight excluding hydrogens is 618 g/mol. The Morgan fingerprint density at radius 1 is 1.12 bits per heavy atom. The molecule has 0 unspecified atom stereocenters. The lowest BCUT2D eigenvalue weighted by Crippen LogP contribution is -2.47. The molecule has 5 rings (SSSR count). The fourth-order valence-corrected chi connectivity index (χ4v) is 5.13. The number of likely N-dealkylation sites (N-methyl/N-ethyl adjacent to an activating group) is 1. The molecule has 48 heavy (non-hydrogen) atoms. The Bertz CT molecular complexity index is 1790. The van der Waals surface area contributed by atoms with Crippen molar-refractivity contribution >= 4 is 34.6 Å². The zero-order valence-corrected chi connectivity index (χ0v) is 27.4. The third kappa shape index (κ3) is 7.95. The number of carbonyl (C=O) groups excluding carboxylic acids is 2. The lowest BCUT2D eigenvalue weighted by atomic mass is 10.1. The number of morpholine rings is 1. The number of carbonyl (C=O) groups is 2. The number of anilines is 3. The minimum Gasteiger partial charge on any atom is -0.474 e. The molecule has 1 aliphatic heterocycles. The number of nitriles is 1. The van der Waals surface area contributed by atoms with Crippen LogP contribution >= 0.6 is 0 Å². The number of hydrogen-bond acceptors (Lipinski definition) is 11. The van der Waals surface area contributed by atoms with Crippen molar-refractivity contribution in [1.29, 1.82) is 5.26 Å². The second-order valence-electron chi connectivity index (χ2n) is 11.6. The lowest BCUT2D eigenvalue weighted by Gasteiger charge is -2.28. The number of rotatable bonds is 12. The van der Waals surface area contributed by atoms with E-state index in [1.165, 1.54) is 6.20 Å². The highest BCUT2D eigenvalue weighted by molar-refractivity contribution is 5.93. The van der Waals surface area contributed by atoms with Gasteiger partial charge in [0.25, 0.3) is 5.91 Å². The average molecular weight is 658 g/mol. The predicted octanol–water partition coefficient (Wildman–Crippen LogP) is 5.33. The summed E-state index contributed by atoms with van der Waals surface area (Å²) in [5.41, 5.74) is 1.98. The molecular formula is C34H39N7O7. The minimum absolute atomic E-state index is 0.123. The van der Waals surface area contributed by atoms with Crippen molar-refractivity contribution < 1.29 is 33.7 Å². The molecule has 252 valence electrons. The molecule has 1 aliphatic rings. The van der Waals surface area contributed by atoms with E-state index < -0.39 is 17.6 Å². The SMILES string of the molecule is CCN(O)C(=O)C(C)(C)Oc1ccccc1Oc1ccc(Nc2c(C#N)cnn3cc(NC(=O)OCCN4CCOCC4)c(C)c23)cc1. The van der Waals surface area contributed by atoms with E-state index in [2.05, 4.69) is 26.7 Å². The van der Waals surface area contributed by atoms with Gasteiger partial charge in [-0.05, 0) is 64.1 Å². The normalized spacial score (nSPS) is 13.4. The number of amides is 2. The number of nitrogens with zero attached hydrogens (tertiary/aromatic N) is 5. The summed E-state index contributed by atoms with van der Waals surface area (Å²) in [4.78, 5) is 27.4. The van der Waals surface area contributed by atoms with Gasteiger partial charge in [-0.3, -0.25) is 20.2 Å². The van der Waals surface area contributed by atoms with Crippen LogP contribution in [0.2, 0.25) is 0 Å². The number of fused-ring (bicyclic) bond motifs is 1. The van der Waals surface area contributed by atoms with Gasteiger partial charge >= 0.3 is 6.09 Å². The van der Waals surface area contributed by atoms with Gasteiger partial charge in [0, 0.05) is 37.4 Å². The summed E-state index contributed by atoms with van der Waals surface area (Å²) in [6, 6.07) is 16.2. The van der Waals surface area contributed by atoms with Gasteiger partial charge in [0.1, 0.15) is 18.4 Å². The molecule has 0 bridgehead atoms. The summed E-state index contributed by atoms with van der Waals surface area (Å²) in [6.45, 7) is 10.6. The predicted molar refractivity (Wildman–Crippen MR) is 177 cm³/mol. The smallest absolute Gasteiger partial charge is 0.411 e. The molecule has 4 aromatic rings. The molecule has 14 heteroatoms. The first-order chi connectivity index (χ1) is 23.1. The molecule has 3 N–H and O–H groups in total. The van der Waals surface area contributed by atoms with Crippen molar-refractivity contribution in [3.8, 4) is 23.3 Å². The second kappa shape index (κ2) is 15.0. The zero-order valence-electron chi connectivity index (χ0n) is 27.4. The van der Waals surface area contributed by atoms with Crippen molar-refractivity contribution in [3.63, 3.8) is 0 Å². The summed E-state index contributed by atoms with van der Waals surface area (Å²) in [7, 11) is 0. The van der Waals surface area contributed by atoms with Gasteiger partial charge in [-0.2, -0.15) is 10.4 Å². The van der Waals surface area contributed by atoms with Crippen LogP contribution < -0.4 is 20.1 Å². The van der Waals surface area contributed by atoms with Crippen LogP contribution in [-0.4, -0.2) is 88.4 Å². The standard InChI is InChI=1S/C34H39N7O7/c1-5-41(44)32(42)34(3,4)48-29-9-7-6-8-28(29)47-26-12-10-25(11-13-26)37-30-24(20-35)21-36-40-22-27(23(2)31(30)40)38-33(43)46-19-16-39-14-17-45-18-15-39/h6-13,21-22,37,44H,5,14-19H2,1-4H3,(H,38,43). The Balaban J connectivity index is 1.28. The Morgan fingerprint density at radius 3 is 2.52 bits per heavy atom. The average Bonchev–Trinajstić information content (AvgIpc) is 3.40. The van der Waals surface area contributed by atoms with Gasteiger partial charge in [-0.1, -0.05) is 12.1 Å². The Morgan fingerprint density at radius 2 is 1.83 bits per heavy atom. The van der Waals surface area contributed by atoms with Crippen LogP contribution in [-0.2, 0) is 14.3 Å². The molecule has 14 nitrogen and oxygen atoms in total. The molecule has 3 heterocycles. The van der Waals surface area contributed by atoms with E-state index in [0.717, 1.165) is 13.1 Å². The van der Waals surface area contributed by atoms with Crippen LogP contribution in [0.1, 0.15) is 31.9 Å². The summed E-state index contributed by atoms with van der Waals surface area (Å²) in [6.07, 6.45) is 2.55. The summed E-state index contributed by atoms with van der Waals surface area (Å²) in [5, 5.41) is 30.9. The first-order valence-corrected chi connectivity index (χ1v) is 15.6. The molecule has 0 radical (unpaired) electrons. The molecule has 0 aliphatic carbocycles. The summed E-state index contributed by atoms with van der Waals surface area (Å²) >= 11 is 0. The number of nitrogens with one attached hydrogen (secondary N) is 2. The van der Waals surface area contributed by atoms with Crippen molar-refractivity contribution in [3.05, 3.63) is 72.1 Å². The number of ether oxygens (including phenoxy) is 4. The van der Waals surface area contributed by atoms with Gasteiger partial charge in [-0.15, -0.1) is 0 Å². The van der Waals surface area contributed by atoms with E-state index in [1.54, 1.807) is 80.0 Å². The number of hydrogen-bond donors (Lipinski definition) is 3. The van der Waals surface area contributed by atoms with Crippen LogP contribution in [0.25, 0.3) is 5.52 Å². The Hall–Kier alpha value is -5.36. The van der Waals surface area contributed by atoms with E-state index >= 15 is 0 Å². The first kappa shape index (κ1) is 34.0. The van der Waals surface area contributed by atoms with Gasteiger partial charge in [-0.25, -0.2) is 14.4 Å². The maximum Gasteiger partial charge on any atom is 0.411 e. The van der Waals surface area contributed by atoms with E-state index in [9.17, 15) is 20.1 Å². The largest absolute Gasteiger partial charge is 0.474 e. The van der Waals surface area contributed by atoms with E-state index in [1.807, 2.05) is 6.92 Å². The number of para-hydroxylation sites is 2. The highest BCUT2D eigenvalue weighted by atomic mass is 16.6. The van der Waals surface area contributed by atoms with Crippen molar-refractivity contribution in [1.82, 2.24) is 19.6 Å². The summed E-state index contributed by atoms with van der Waals surface area (Å²) in [5.74, 6) is 0.620. The van der Waals surface area contributed by atoms with Crippen molar-refractivity contribution in [2.45, 2.75) is 33.3 Å². The topological polar surface area (TPSA) is 163 Å². The van der Waals surface area contributed by atoms with Gasteiger partial charge in [0.05, 0.1) is 48.1 Å². The maximum absolute atomic E-state index is 12.6. The highest BCUT2D eigenvalue weighted by Crippen LogP contribution is 2.36. The Kier molecular flexibility index (Phi) is 10.6. The number of aryl methyl sites for hydroxylation is 1. The third-order valence-electron chi connectivity index (χ3n) is 7.77. The van der Waals surface area contributed by atoms with Crippen LogP contribution in [0.4, 0.5) is 21.9 Å². The number of aromatic nitrogens is 2. The number of hydroxylamine groups is 2. The third-order valence-corrected chi connectivity index (χ3v) is 7.77. The monoisotopic (exact) mass is 657 g/mol. The van der Waals surface area contributed by atoms with Crippen LogP contribution in [0.3, 0.4) is 0 Å². The molecule has 1 fully saturated rings. The van der Waals surface area contributed by atoms with Gasteiger partial charge in [0.15, 0.2) is 17.1 Å². The van der Waals surface area contributed by atoms with Gasteiger partial charge in [0.2, 0.25) is 0 Å². The summed E-state index contributed by atoms with van der Waals surface area (Å²) < 4.78 is 24.4. The fourth-order valence-electron chi connectivity index (χ4n) is 5.13. The van der Waals surface area contributed by atoms with E-state index in [0.29, 0.717) is 75.8 Å². The molecule has 0 spiro atoms. The molecule has 0 saturated carbocycles. The Labute approximate surface area is 278 Å². The quantitative estimate of drug-likeness (QED) is 0.133. The fraction of sp³-hybridized carbons (Fsp3) is 0.353. The molecule has 2 amide bonds. The highest BCUT2D eigenvalue weighted by Gasteiger charge is 2.34. The van der Waals surface area contributed by atoms with Crippen LogP contribution in [0.5, 0.6) is 17.2 Å². The van der Waals surface area contributed by atoms with Gasteiger partial charge < -0.3 is 24.3 Å². The first-order valence-electron chi connectivity index (χ1n) is 15.6. The van der Waals surface area contributed by atoms with Crippen molar-refractivity contribution in [2.24, 2.45) is 0 Å². The minimum atomic E-state index is -1.35. The molecule has 2 aromatic carbocycles. The molecule has 0 atom stereocenters. The number of benzene rings is 2. The van der Waals surface area contributed by atoms with Crippen LogP contribution in [0.15, 0.2) is 60.9 Å². The van der Waals surface area contributed by atoms with Crippen LogP contribution in [0, 0.1) is 18.3 Å². The second-order valence-corrected chi connectivity index (χ2v) is 11.6.